The fourth-order valence-corrected chi connectivity index (χ4v) is 1.21. The van der Waals surface area contributed by atoms with Crippen LogP contribution in [0.4, 0.5) is 0 Å². The molecule has 13 heavy (non-hydrogen) atoms. The maximum absolute atomic E-state index is 5.48. The Labute approximate surface area is 84.2 Å². The van der Waals surface area contributed by atoms with Gasteiger partial charge in [-0.3, -0.25) is 0 Å². The van der Waals surface area contributed by atoms with E-state index < -0.39 is 0 Å². The molecule has 0 amide bonds. The van der Waals surface area contributed by atoms with E-state index in [-0.39, 0.29) is 19.6 Å². The molecule has 0 saturated carbocycles. The minimum absolute atomic E-state index is 0. The monoisotopic (exact) mass is 199 g/mol. The number of hydrogen-bond donors (Lipinski definition) is 1. The Kier molecular flexibility index (Phi) is 4.14. The third-order valence-electron chi connectivity index (χ3n) is 1.80. The van der Waals surface area contributed by atoms with Crippen molar-refractivity contribution < 1.29 is 4.74 Å². The van der Waals surface area contributed by atoms with Crippen molar-refractivity contribution in [3.63, 3.8) is 0 Å². The Morgan fingerprint density at radius 2 is 2.15 bits per heavy atom. The van der Waals surface area contributed by atoms with Crippen molar-refractivity contribution in [3.05, 3.63) is 24.3 Å². The van der Waals surface area contributed by atoms with Gasteiger partial charge in [-0.2, -0.15) is 13.5 Å². The lowest BCUT2D eigenvalue weighted by Gasteiger charge is -2.21. The zero-order chi connectivity index (χ0) is 8.23. The van der Waals surface area contributed by atoms with Gasteiger partial charge < -0.3 is 10.1 Å². The standard InChI is InChI=1S/C8H11N3O.H2S/c1-2-10-8(11-3-1)7-6-9-4-5-12-7;/h1-3,7,9H,4-6H2;1H2. The lowest BCUT2D eigenvalue weighted by molar-refractivity contribution is 0.0221. The quantitative estimate of drug-likeness (QED) is 0.704. The molecule has 1 unspecified atom stereocenters. The molecule has 0 aromatic carbocycles. The van der Waals surface area contributed by atoms with E-state index in [1.165, 1.54) is 0 Å². The highest BCUT2D eigenvalue weighted by Crippen LogP contribution is 2.12. The summed E-state index contributed by atoms with van der Waals surface area (Å²) < 4.78 is 5.48. The molecule has 0 spiro atoms. The third-order valence-corrected chi connectivity index (χ3v) is 1.80. The number of nitrogens with one attached hydrogen (secondary N) is 1. The maximum atomic E-state index is 5.48. The number of nitrogens with zero attached hydrogens (tertiary/aromatic N) is 2. The highest BCUT2D eigenvalue weighted by atomic mass is 32.1. The van der Waals surface area contributed by atoms with Crippen molar-refractivity contribution >= 4 is 13.5 Å². The summed E-state index contributed by atoms with van der Waals surface area (Å²) in [5, 5.41) is 3.23. The van der Waals surface area contributed by atoms with E-state index in [0.717, 1.165) is 25.5 Å². The van der Waals surface area contributed by atoms with Gasteiger partial charge in [0.25, 0.3) is 0 Å². The molecule has 1 aromatic heterocycles. The van der Waals surface area contributed by atoms with E-state index in [9.17, 15) is 0 Å². The van der Waals surface area contributed by atoms with Gasteiger partial charge in [-0.25, -0.2) is 9.97 Å². The zero-order valence-corrected chi connectivity index (χ0v) is 8.23. The molecule has 1 atom stereocenters. The van der Waals surface area contributed by atoms with Crippen LogP contribution in [0, 0.1) is 0 Å². The van der Waals surface area contributed by atoms with E-state index in [1.54, 1.807) is 18.5 Å². The molecular weight excluding hydrogens is 186 g/mol. The molecule has 5 heteroatoms. The predicted octanol–water partition coefficient (Wildman–Crippen LogP) is 0.250. The van der Waals surface area contributed by atoms with Gasteiger partial charge in [-0.1, -0.05) is 0 Å². The summed E-state index contributed by atoms with van der Waals surface area (Å²) >= 11 is 0. The summed E-state index contributed by atoms with van der Waals surface area (Å²) in [5.74, 6) is 0.768. The number of morpholine rings is 1. The van der Waals surface area contributed by atoms with Gasteiger partial charge in [0.15, 0.2) is 5.82 Å². The molecule has 1 fully saturated rings. The van der Waals surface area contributed by atoms with Gasteiger partial charge in [-0.15, -0.1) is 0 Å². The molecule has 1 aliphatic heterocycles. The first-order valence-electron chi connectivity index (χ1n) is 4.06. The Balaban J connectivity index is 0.000000845. The van der Waals surface area contributed by atoms with Crippen molar-refractivity contribution in [1.82, 2.24) is 15.3 Å². The van der Waals surface area contributed by atoms with Gasteiger partial charge in [-0.05, 0) is 6.07 Å². The smallest absolute Gasteiger partial charge is 0.158 e. The third kappa shape index (κ3) is 2.65. The molecule has 2 rings (SSSR count). The minimum atomic E-state index is 0. The minimum Gasteiger partial charge on any atom is -0.368 e. The Hall–Kier alpha value is -0.650. The van der Waals surface area contributed by atoms with Crippen molar-refractivity contribution in [1.29, 1.82) is 0 Å². The van der Waals surface area contributed by atoms with Crippen molar-refractivity contribution in [2.45, 2.75) is 6.10 Å². The molecule has 1 N–H and O–H groups in total. The van der Waals surface area contributed by atoms with Gasteiger partial charge in [0.05, 0.1) is 6.61 Å². The SMILES string of the molecule is S.c1cnc(C2CNCCO2)nc1. The molecule has 72 valence electrons. The summed E-state index contributed by atoms with van der Waals surface area (Å²) in [6.45, 7) is 2.47. The van der Waals surface area contributed by atoms with Crippen LogP contribution in [-0.4, -0.2) is 29.7 Å². The molecule has 1 saturated heterocycles. The highest BCUT2D eigenvalue weighted by molar-refractivity contribution is 7.59. The van der Waals surface area contributed by atoms with Crippen LogP contribution in [0.25, 0.3) is 0 Å². The first kappa shape index (κ1) is 10.4. The van der Waals surface area contributed by atoms with E-state index in [2.05, 4.69) is 15.3 Å². The van der Waals surface area contributed by atoms with Crippen LogP contribution in [-0.2, 0) is 4.74 Å². The van der Waals surface area contributed by atoms with Crippen LogP contribution in [0.2, 0.25) is 0 Å². The van der Waals surface area contributed by atoms with Gasteiger partial charge >= 0.3 is 0 Å². The number of rotatable bonds is 1. The van der Waals surface area contributed by atoms with Gasteiger partial charge in [0.2, 0.25) is 0 Å². The maximum Gasteiger partial charge on any atom is 0.158 e. The Morgan fingerprint density at radius 3 is 2.77 bits per heavy atom. The first-order valence-corrected chi connectivity index (χ1v) is 4.06. The summed E-state index contributed by atoms with van der Waals surface area (Å²) in [6, 6.07) is 1.81. The summed E-state index contributed by atoms with van der Waals surface area (Å²) in [7, 11) is 0. The summed E-state index contributed by atoms with van der Waals surface area (Å²) in [4.78, 5) is 8.25. The molecule has 2 heterocycles. The lowest BCUT2D eigenvalue weighted by atomic mass is 10.3. The second kappa shape index (κ2) is 5.16. The molecule has 4 nitrogen and oxygen atoms in total. The topological polar surface area (TPSA) is 47.0 Å². The highest BCUT2D eigenvalue weighted by Gasteiger charge is 2.17. The van der Waals surface area contributed by atoms with E-state index in [1.807, 2.05) is 0 Å². The largest absolute Gasteiger partial charge is 0.368 e. The van der Waals surface area contributed by atoms with Crippen LogP contribution in [0.3, 0.4) is 0 Å². The molecule has 0 aliphatic carbocycles. The number of hydrogen-bond acceptors (Lipinski definition) is 4. The number of aromatic nitrogens is 2. The summed E-state index contributed by atoms with van der Waals surface area (Å²) in [6.07, 6.45) is 3.50. The molecule has 0 radical (unpaired) electrons. The van der Waals surface area contributed by atoms with E-state index in [4.69, 9.17) is 4.74 Å². The zero-order valence-electron chi connectivity index (χ0n) is 7.23. The van der Waals surface area contributed by atoms with E-state index >= 15 is 0 Å². The average molecular weight is 199 g/mol. The first-order chi connectivity index (χ1) is 5.97. The average Bonchev–Trinajstić information content (AvgIpc) is 2.21. The van der Waals surface area contributed by atoms with Crippen LogP contribution in [0.15, 0.2) is 18.5 Å². The van der Waals surface area contributed by atoms with Crippen LogP contribution < -0.4 is 5.32 Å². The lowest BCUT2D eigenvalue weighted by Crippen LogP contribution is -2.34. The fraction of sp³-hybridized carbons (Fsp3) is 0.500. The van der Waals surface area contributed by atoms with Gasteiger partial charge in [0.1, 0.15) is 6.10 Å². The van der Waals surface area contributed by atoms with Crippen LogP contribution in [0.1, 0.15) is 11.9 Å². The number of ether oxygens (including phenoxy) is 1. The molecule has 1 aromatic rings. The second-order valence-corrected chi connectivity index (χ2v) is 2.67. The second-order valence-electron chi connectivity index (χ2n) is 2.67. The fourth-order valence-electron chi connectivity index (χ4n) is 1.21. The van der Waals surface area contributed by atoms with Gasteiger partial charge in [0, 0.05) is 25.5 Å². The van der Waals surface area contributed by atoms with Crippen LogP contribution >= 0.6 is 13.5 Å². The predicted molar refractivity (Wildman–Crippen MR) is 54.0 cm³/mol. The van der Waals surface area contributed by atoms with Crippen LogP contribution in [0.5, 0.6) is 0 Å². The van der Waals surface area contributed by atoms with Crippen molar-refractivity contribution in [2.24, 2.45) is 0 Å². The molecule has 1 aliphatic rings. The van der Waals surface area contributed by atoms with Crippen molar-refractivity contribution in [3.8, 4) is 0 Å². The Morgan fingerprint density at radius 1 is 1.38 bits per heavy atom. The summed E-state index contributed by atoms with van der Waals surface area (Å²) in [5.41, 5.74) is 0. The van der Waals surface area contributed by atoms with E-state index in [0.29, 0.717) is 0 Å². The Bertz CT molecular complexity index is 238. The molecule has 0 bridgehead atoms. The molecular formula is C8H13N3OS. The normalized spacial score (nSPS) is 22.0. The van der Waals surface area contributed by atoms with Crippen molar-refractivity contribution in [2.75, 3.05) is 19.7 Å².